The van der Waals surface area contributed by atoms with E-state index in [9.17, 15) is 14.4 Å². The molecular weight excluding hydrogens is 670 g/mol. The molecule has 0 aliphatic heterocycles. The van der Waals surface area contributed by atoms with Gasteiger partial charge in [0.05, 0.1) is 0 Å². The van der Waals surface area contributed by atoms with Crippen molar-refractivity contribution in [3.8, 4) is 0 Å². The Kier molecular flexibility index (Phi) is 15.6. The molecule has 282 valence electrons. The summed E-state index contributed by atoms with van der Waals surface area (Å²) in [5.41, 5.74) is 4.67. The predicted molar refractivity (Wildman–Crippen MR) is 210 cm³/mol. The molecule has 1 aromatic heterocycles. The Labute approximate surface area is 312 Å². The minimum absolute atomic E-state index is 0.0637. The van der Waals surface area contributed by atoms with Crippen LogP contribution in [0.5, 0.6) is 0 Å². The second-order valence-electron chi connectivity index (χ2n) is 13.7. The minimum Gasteiger partial charge on any atom is -0.459 e. The molecule has 0 spiro atoms. The Morgan fingerprint density at radius 2 is 0.925 bits per heavy atom. The summed E-state index contributed by atoms with van der Waals surface area (Å²) in [6.45, 7) is 13.2. The number of hydrogen-bond donors (Lipinski definition) is 4. The van der Waals surface area contributed by atoms with E-state index in [1.54, 1.807) is 12.1 Å². The summed E-state index contributed by atoms with van der Waals surface area (Å²) in [4.78, 5) is 48.7. The average Bonchev–Trinajstić information content (AvgIpc) is 3.15. The predicted octanol–water partition coefficient (Wildman–Crippen LogP) is 9.78. The number of hydrogen-bond acceptors (Lipinski definition) is 11. The zero-order chi connectivity index (χ0) is 38.2. The first-order valence-corrected chi connectivity index (χ1v) is 18.5. The van der Waals surface area contributed by atoms with Crippen LogP contribution < -0.4 is 21.3 Å². The second-order valence-corrected chi connectivity index (χ2v) is 13.7. The number of aromatic nitrogens is 3. The van der Waals surface area contributed by atoms with Gasteiger partial charge in [-0.3, -0.25) is 14.4 Å². The first-order valence-electron chi connectivity index (χ1n) is 18.5. The fraction of sp³-hybridized carbons (Fsp3) is 0.415. The normalized spacial score (nSPS) is 13.3. The molecule has 53 heavy (non-hydrogen) atoms. The quantitative estimate of drug-likeness (QED) is 0.0572. The summed E-state index contributed by atoms with van der Waals surface area (Å²) in [6, 6.07) is 22.6. The third-order valence-electron chi connectivity index (χ3n) is 9.02. The molecule has 4 rings (SSSR count). The lowest BCUT2D eigenvalue weighted by molar-refractivity contribution is -0.137. The van der Waals surface area contributed by atoms with E-state index in [4.69, 9.17) is 9.47 Å². The van der Waals surface area contributed by atoms with Gasteiger partial charge in [-0.05, 0) is 84.3 Å². The fourth-order valence-corrected chi connectivity index (χ4v) is 5.92. The van der Waals surface area contributed by atoms with Gasteiger partial charge in [-0.15, -0.1) is 0 Å². The molecule has 0 saturated heterocycles. The van der Waals surface area contributed by atoms with Crippen LogP contribution in [0.2, 0.25) is 0 Å². The lowest BCUT2D eigenvalue weighted by atomic mass is 9.92. The van der Waals surface area contributed by atoms with Gasteiger partial charge in [0.1, 0.15) is 12.2 Å². The van der Waals surface area contributed by atoms with Crippen LogP contribution >= 0.6 is 0 Å². The Morgan fingerprint density at radius 3 is 1.25 bits per heavy atom. The first-order chi connectivity index (χ1) is 25.6. The van der Waals surface area contributed by atoms with Crippen molar-refractivity contribution in [3.63, 3.8) is 0 Å². The molecule has 4 aromatic rings. The highest BCUT2D eigenvalue weighted by atomic mass is 16.5. The number of benzene rings is 3. The van der Waals surface area contributed by atoms with Gasteiger partial charge in [0, 0.05) is 28.7 Å². The number of nitrogens with zero attached hydrogens (tertiary/aromatic N) is 3. The van der Waals surface area contributed by atoms with Gasteiger partial charge >= 0.3 is 0 Å². The molecule has 0 radical (unpaired) electrons. The van der Waals surface area contributed by atoms with Crippen molar-refractivity contribution in [2.24, 2.45) is 17.8 Å². The van der Waals surface area contributed by atoms with Crippen LogP contribution in [-0.2, 0) is 23.9 Å². The van der Waals surface area contributed by atoms with E-state index in [0.717, 1.165) is 61.0 Å². The molecule has 0 saturated carbocycles. The van der Waals surface area contributed by atoms with Crippen LogP contribution in [0.4, 0.5) is 40.6 Å². The number of amides is 1. The highest BCUT2D eigenvalue weighted by molar-refractivity contribution is 5.92. The monoisotopic (exact) mass is 723 g/mol. The zero-order valence-electron chi connectivity index (χ0n) is 31.6. The van der Waals surface area contributed by atoms with Gasteiger partial charge in [0.2, 0.25) is 23.8 Å². The van der Waals surface area contributed by atoms with E-state index in [2.05, 4.69) is 63.9 Å². The van der Waals surface area contributed by atoms with Crippen molar-refractivity contribution in [1.82, 2.24) is 15.0 Å². The molecule has 12 heteroatoms. The van der Waals surface area contributed by atoms with Crippen LogP contribution in [0.1, 0.15) is 103 Å². The third kappa shape index (κ3) is 12.3. The molecule has 4 atom stereocenters. The first kappa shape index (κ1) is 40.3. The molecule has 1 amide bonds. The van der Waals surface area contributed by atoms with Gasteiger partial charge in [0.25, 0.3) is 12.9 Å². The number of rotatable bonds is 22. The van der Waals surface area contributed by atoms with Crippen molar-refractivity contribution >= 4 is 59.4 Å². The molecule has 0 fully saturated rings. The van der Waals surface area contributed by atoms with Gasteiger partial charge in [-0.1, -0.05) is 91.5 Å². The van der Waals surface area contributed by atoms with Crippen molar-refractivity contribution in [3.05, 3.63) is 83.9 Å². The summed E-state index contributed by atoms with van der Waals surface area (Å²) in [7, 11) is 0. The Bertz CT molecular complexity index is 1640. The summed E-state index contributed by atoms with van der Waals surface area (Å²) in [5, 5.41) is 12.7. The summed E-state index contributed by atoms with van der Waals surface area (Å²) in [6.07, 6.45) is 5.49. The highest BCUT2D eigenvalue weighted by Crippen LogP contribution is 2.32. The molecular formula is C41H53N7O5. The van der Waals surface area contributed by atoms with E-state index >= 15 is 0 Å². The Morgan fingerprint density at radius 1 is 0.585 bits per heavy atom. The highest BCUT2D eigenvalue weighted by Gasteiger charge is 2.22. The van der Waals surface area contributed by atoms with Crippen molar-refractivity contribution in [2.75, 3.05) is 21.3 Å². The molecule has 0 aliphatic carbocycles. The summed E-state index contributed by atoms with van der Waals surface area (Å²) in [5.74, 6) is 1.01. The third-order valence-corrected chi connectivity index (χ3v) is 9.02. The van der Waals surface area contributed by atoms with Crippen molar-refractivity contribution < 1.29 is 23.9 Å². The van der Waals surface area contributed by atoms with E-state index in [0.29, 0.717) is 24.3 Å². The number of unbranched alkanes of at least 4 members (excludes halogenated alkanes) is 2. The molecule has 4 N–H and O–H groups in total. The topological polar surface area (TPSA) is 156 Å². The average molecular weight is 724 g/mol. The van der Waals surface area contributed by atoms with Crippen molar-refractivity contribution in [1.29, 1.82) is 0 Å². The maximum absolute atomic E-state index is 12.2. The molecule has 3 aromatic carbocycles. The maximum atomic E-state index is 12.2. The maximum Gasteiger partial charge on any atom is 0.293 e. The smallest absolute Gasteiger partial charge is 0.293 e. The Hall–Kier alpha value is -5.52. The van der Waals surface area contributed by atoms with Gasteiger partial charge in [-0.2, -0.15) is 15.0 Å². The fourth-order valence-electron chi connectivity index (χ4n) is 5.92. The second kappa shape index (κ2) is 20.5. The van der Waals surface area contributed by atoms with Crippen LogP contribution in [0.25, 0.3) is 0 Å². The molecule has 1 heterocycles. The van der Waals surface area contributed by atoms with Crippen LogP contribution in [0.15, 0.2) is 72.8 Å². The number of ether oxygens (including phenoxy) is 2. The van der Waals surface area contributed by atoms with E-state index in [1.165, 1.54) is 0 Å². The van der Waals surface area contributed by atoms with Crippen LogP contribution in [0.3, 0.4) is 0 Å². The van der Waals surface area contributed by atoms with E-state index in [1.807, 2.05) is 74.5 Å². The lowest BCUT2D eigenvalue weighted by Gasteiger charge is -2.23. The van der Waals surface area contributed by atoms with Crippen LogP contribution in [0, 0.1) is 17.8 Å². The van der Waals surface area contributed by atoms with Gasteiger partial charge in [0.15, 0.2) is 0 Å². The molecule has 4 unspecified atom stereocenters. The molecule has 0 bridgehead atoms. The molecule has 12 nitrogen and oxygen atoms in total. The SMILES string of the molecule is CCCCC(C)C(OC=O)c1ccc(Nc2nc(Nc3ccc(NC(=O)C(C)C)cc3)nc(Nc3ccc(C(OC=O)C(C)CCCC)cc3)n2)cc1. The number of nitrogens with one attached hydrogen (secondary N) is 4. The largest absolute Gasteiger partial charge is 0.459 e. The van der Waals surface area contributed by atoms with E-state index in [-0.39, 0.29) is 53.7 Å². The molecule has 0 aliphatic rings. The van der Waals surface area contributed by atoms with Gasteiger partial charge < -0.3 is 30.7 Å². The van der Waals surface area contributed by atoms with Crippen molar-refractivity contribution in [2.45, 2.75) is 92.3 Å². The minimum atomic E-state index is -0.340. The van der Waals surface area contributed by atoms with E-state index < -0.39 is 0 Å². The summed E-state index contributed by atoms with van der Waals surface area (Å²) < 4.78 is 11.0. The number of carbonyl (C=O) groups is 3. The lowest BCUT2D eigenvalue weighted by Crippen LogP contribution is -2.17. The number of carbonyl (C=O) groups excluding carboxylic acids is 3. The number of anilines is 7. The standard InChI is InChI=1S/C41H53N7O5/c1-7-9-11-28(5)36(52-25-49)30-13-17-33(18-14-30)43-39-46-40(44-34-19-15-31(16-20-34)37(53-26-50)29(6)12-10-8-2)48-41(47-39)45-35-23-21-32(22-24-35)42-38(51)27(3)4/h13-29,36-37H,7-12H2,1-6H3,(H,42,51)(H3,43,44,45,46,47,48). The Balaban J connectivity index is 1.59. The van der Waals surface area contributed by atoms with Crippen LogP contribution in [-0.4, -0.2) is 33.8 Å². The summed E-state index contributed by atoms with van der Waals surface area (Å²) >= 11 is 0. The zero-order valence-corrected chi connectivity index (χ0v) is 31.6. The van der Waals surface area contributed by atoms with Gasteiger partial charge in [-0.25, -0.2) is 0 Å².